The highest BCUT2D eigenvalue weighted by Gasteiger charge is 2.34. The highest BCUT2D eigenvalue weighted by atomic mass is 19.4. The molecule has 0 fully saturated rings. The summed E-state index contributed by atoms with van der Waals surface area (Å²) in [6.45, 7) is 7.32. The first-order valence-electron chi connectivity index (χ1n) is 7.68. The summed E-state index contributed by atoms with van der Waals surface area (Å²) in [7, 11) is 0. The van der Waals surface area contributed by atoms with Crippen molar-refractivity contribution in [3.8, 4) is 0 Å². The summed E-state index contributed by atoms with van der Waals surface area (Å²) < 4.78 is 44.5. The number of ether oxygens (including phenoxy) is 1. The van der Waals surface area contributed by atoms with Crippen molar-refractivity contribution in [2.24, 2.45) is 0 Å². The van der Waals surface area contributed by atoms with Gasteiger partial charge >= 0.3 is 12.3 Å². The molecule has 7 heteroatoms. The Hall–Kier alpha value is -2.05. The molecular formula is C17H21F3N2O2. The van der Waals surface area contributed by atoms with Gasteiger partial charge in [0.25, 0.3) is 0 Å². The number of nitrogens with zero attached hydrogens (tertiary/aromatic N) is 2. The largest absolute Gasteiger partial charge is 0.444 e. The van der Waals surface area contributed by atoms with Gasteiger partial charge in [0.15, 0.2) is 0 Å². The maximum Gasteiger partial charge on any atom is 0.418 e. The molecule has 1 aliphatic rings. The third-order valence-corrected chi connectivity index (χ3v) is 3.57. The third kappa shape index (κ3) is 4.49. The molecule has 0 atom stereocenters. The van der Waals surface area contributed by atoms with Crippen LogP contribution in [0.5, 0.6) is 0 Å². The summed E-state index contributed by atoms with van der Waals surface area (Å²) in [5.74, 6) is 0. The molecular weight excluding hydrogens is 321 g/mol. The van der Waals surface area contributed by atoms with Crippen molar-refractivity contribution < 1.29 is 22.7 Å². The summed E-state index contributed by atoms with van der Waals surface area (Å²) in [6, 6.07) is 1.09. The lowest BCUT2D eigenvalue weighted by Crippen LogP contribution is -2.39. The van der Waals surface area contributed by atoms with Gasteiger partial charge < -0.3 is 9.64 Å². The fraction of sp³-hybridized carbons (Fsp3) is 0.529. The number of rotatable bonds is 1. The van der Waals surface area contributed by atoms with Crippen LogP contribution in [0.4, 0.5) is 18.0 Å². The zero-order valence-corrected chi connectivity index (χ0v) is 14.2. The molecule has 0 unspecified atom stereocenters. The quantitative estimate of drug-likeness (QED) is 0.758. The molecule has 0 bridgehead atoms. The van der Waals surface area contributed by atoms with Gasteiger partial charge in [0.1, 0.15) is 5.60 Å². The predicted octanol–water partition coefficient (Wildman–Crippen LogP) is 4.43. The summed E-state index contributed by atoms with van der Waals surface area (Å²) in [5, 5.41) is 0. The first-order chi connectivity index (χ1) is 11.0. The molecule has 0 saturated carbocycles. The Morgan fingerprint density at radius 3 is 2.54 bits per heavy atom. The number of hydrogen-bond donors (Lipinski definition) is 0. The molecule has 1 amide bonds. The lowest BCUT2D eigenvalue weighted by atomic mass is 10.0. The number of aromatic nitrogens is 1. The topological polar surface area (TPSA) is 42.4 Å². The molecule has 0 saturated heterocycles. The van der Waals surface area contributed by atoms with E-state index in [4.69, 9.17) is 4.74 Å². The average molecular weight is 342 g/mol. The second-order valence-corrected chi connectivity index (χ2v) is 6.77. The molecule has 0 N–H and O–H groups in total. The van der Waals surface area contributed by atoms with Gasteiger partial charge in [-0.25, -0.2) is 4.79 Å². The monoisotopic (exact) mass is 342 g/mol. The molecule has 132 valence electrons. The number of aryl methyl sites for hydroxylation is 1. The second kappa shape index (κ2) is 6.45. The molecule has 2 rings (SSSR count). The van der Waals surface area contributed by atoms with E-state index in [1.807, 2.05) is 6.08 Å². The van der Waals surface area contributed by atoms with Gasteiger partial charge in [-0.15, -0.1) is 0 Å². The minimum absolute atomic E-state index is 0.0633. The first-order valence-corrected chi connectivity index (χ1v) is 7.68. The zero-order valence-electron chi connectivity index (χ0n) is 14.2. The van der Waals surface area contributed by atoms with Crippen LogP contribution in [0.3, 0.4) is 0 Å². The van der Waals surface area contributed by atoms with Crippen molar-refractivity contribution in [3.63, 3.8) is 0 Å². The van der Waals surface area contributed by atoms with Crippen LogP contribution in [0.15, 0.2) is 18.3 Å². The number of carbonyl (C=O) groups is 1. The third-order valence-electron chi connectivity index (χ3n) is 3.57. The molecule has 1 aromatic rings. The Labute approximate surface area is 139 Å². The Bertz CT molecular complexity index is 661. The van der Waals surface area contributed by atoms with Crippen LogP contribution in [0.25, 0.3) is 5.57 Å². The SMILES string of the molecule is Cc1ncc(C2=CCCN(C(=O)OC(C)(C)C)C2)cc1C(F)(F)F. The number of pyridine rings is 1. The molecule has 1 aromatic heterocycles. The maximum absolute atomic E-state index is 13.0. The average Bonchev–Trinajstić information content (AvgIpc) is 2.45. The highest BCUT2D eigenvalue weighted by molar-refractivity contribution is 5.75. The van der Waals surface area contributed by atoms with Crippen LogP contribution < -0.4 is 0 Å². The lowest BCUT2D eigenvalue weighted by Gasteiger charge is -2.30. The molecule has 4 nitrogen and oxygen atoms in total. The molecule has 0 radical (unpaired) electrons. The number of halogens is 3. The lowest BCUT2D eigenvalue weighted by molar-refractivity contribution is -0.138. The van der Waals surface area contributed by atoms with E-state index in [-0.39, 0.29) is 12.2 Å². The Morgan fingerprint density at radius 1 is 1.29 bits per heavy atom. The summed E-state index contributed by atoms with van der Waals surface area (Å²) in [4.78, 5) is 17.5. The van der Waals surface area contributed by atoms with Gasteiger partial charge in [-0.05, 0) is 51.3 Å². The molecule has 0 aliphatic carbocycles. The molecule has 2 heterocycles. The number of carbonyl (C=O) groups excluding carboxylic acids is 1. The van der Waals surface area contributed by atoms with Gasteiger partial charge in [-0.2, -0.15) is 13.2 Å². The van der Waals surface area contributed by atoms with E-state index in [2.05, 4.69) is 4.98 Å². The smallest absolute Gasteiger partial charge is 0.418 e. The number of hydrogen-bond acceptors (Lipinski definition) is 3. The van der Waals surface area contributed by atoms with Crippen LogP contribution >= 0.6 is 0 Å². The first kappa shape index (κ1) is 18.3. The van der Waals surface area contributed by atoms with Gasteiger partial charge in [0.2, 0.25) is 0 Å². The predicted molar refractivity (Wildman–Crippen MR) is 84.4 cm³/mol. The van der Waals surface area contributed by atoms with E-state index < -0.39 is 23.4 Å². The van der Waals surface area contributed by atoms with Crippen LogP contribution in [-0.4, -0.2) is 34.7 Å². The Balaban J connectivity index is 2.21. The summed E-state index contributed by atoms with van der Waals surface area (Å²) in [5.41, 5.74) is -0.416. The van der Waals surface area contributed by atoms with E-state index in [9.17, 15) is 18.0 Å². The van der Waals surface area contributed by atoms with Gasteiger partial charge in [0.05, 0.1) is 5.56 Å². The highest BCUT2D eigenvalue weighted by Crippen LogP contribution is 2.33. The van der Waals surface area contributed by atoms with Crippen molar-refractivity contribution >= 4 is 11.7 Å². The minimum Gasteiger partial charge on any atom is -0.444 e. The normalized spacial score (nSPS) is 16.0. The van der Waals surface area contributed by atoms with E-state index in [1.165, 1.54) is 18.0 Å². The van der Waals surface area contributed by atoms with Crippen molar-refractivity contribution in [1.29, 1.82) is 0 Å². The van der Waals surface area contributed by atoms with Gasteiger partial charge in [-0.3, -0.25) is 4.98 Å². The zero-order chi connectivity index (χ0) is 18.1. The second-order valence-electron chi connectivity index (χ2n) is 6.77. The van der Waals surface area contributed by atoms with E-state index >= 15 is 0 Å². The molecule has 1 aliphatic heterocycles. The van der Waals surface area contributed by atoms with Crippen molar-refractivity contribution in [2.45, 2.75) is 45.9 Å². The standard InChI is InChI=1S/C17H21F3N2O2/c1-11-14(17(18,19)20)8-13(9-21-11)12-6-5-7-22(10-12)15(23)24-16(2,3)4/h6,8-9H,5,7,10H2,1-4H3. The molecule has 0 aromatic carbocycles. The van der Waals surface area contributed by atoms with Crippen LogP contribution in [0.2, 0.25) is 0 Å². The summed E-state index contributed by atoms with van der Waals surface area (Å²) in [6.07, 6.45) is -1.11. The number of amides is 1. The van der Waals surface area contributed by atoms with Crippen LogP contribution in [0, 0.1) is 6.92 Å². The van der Waals surface area contributed by atoms with Gasteiger partial charge in [-0.1, -0.05) is 6.08 Å². The number of alkyl halides is 3. The molecule has 0 spiro atoms. The fourth-order valence-corrected chi connectivity index (χ4v) is 2.43. The van der Waals surface area contributed by atoms with Crippen molar-refractivity contribution in [2.75, 3.05) is 13.1 Å². The van der Waals surface area contributed by atoms with E-state index in [1.54, 1.807) is 20.8 Å². The maximum atomic E-state index is 13.0. The van der Waals surface area contributed by atoms with Crippen LogP contribution in [-0.2, 0) is 10.9 Å². The minimum atomic E-state index is -4.45. The van der Waals surface area contributed by atoms with Gasteiger partial charge in [0, 0.05) is 25.0 Å². The van der Waals surface area contributed by atoms with Crippen molar-refractivity contribution in [3.05, 3.63) is 35.2 Å². The van der Waals surface area contributed by atoms with Crippen LogP contribution in [0.1, 0.15) is 44.0 Å². The Kier molecular flexibility index (Phi) is 4.92. The fourth-order valence-electron chi connectivity index (χ4n) is 2.43. The van der Waals surface area contributed by atoms with E-state index in [0.717, 1.165) is 6.07 Å². The Morgan fingerprint density at radius 2 is 1.96 bits per heavy atom. The summed E-state index contributed by atoms with van der Waals surface area (Å²) >= 11 is 0. The molecule has 24 heavy (non-hydrogen) atoms. The van der Waals surface area contributed by atoms with Crippen molar-refractivity contribution in [1.82, 2.24) is 9.88 Å². The van der Waals surface area contributed by atoms with E-state index in [0.29, 0.717) is 24.1 Å².